The van der Waals surface area contributed by atoms with E-state index in [1.807, 2.05) is 179 Å². The van der Waals surface area contributed by atoms with Gasteiger partial charge in [-0.15, -0.1) is 0 Å². The van der Waals surface area contributed by atoms with Crippen molar-refractivity contribution in [1.82, 2.24) is 84.6 Å². The van der Waals surface area contributed by atoms with E-state index in [9.17, 15) is 34.2 Å². The lowest BCUT2D eigenvalue weighted by Crippen LogP contribution is -2.37. The number of pyridine rings is 6. The molecule has 32 heteroatoms. The smallest absolute Gasteiger partial charge is 0.335 e. The van der Waals surface area contributed by atoms with Crippen molar-refractivity contribution < 1.29 is 43.7 Å². The molecule has 6 N–H and O–H groups in total. The highest BCUT2D eigenvalue weighted by atomic mass is 35.5. The molecule has 0 atom stereocenters. The molecule has 0 bridgehead atoms. The predicted octanol–water partition coefficient (Wildman–Crippen LogP) is 22.1. The van der Waals surface area contributed by atoms with Crippen LogP contribution in [0.25, 0.3) is 109 Å². The number of fused-ring (bicyclic) bond motifs is 15. The molecule has 19 aromatic rings. The topological polar surface area (TPSA) is 405 Å². The average Bonchev–Trinajstić information content (AvgIpc) is 1.64. The third kappa shape index (κ3) is 23.7. The van der Waals surface area contributed by atoms with Crippen molar-refractivity contribution in [3.05, 3.63) is 298 Å². The van der Waals surface area contributed by atoms with Gasteiger partial charge < -0.3 is 50.8 Å². The summed E-state index contributed by atoms with van der Waals surface area (Å²) < 4.78 is 10.8. The first-order valence-corrected chi connectivity index (χ1v) is 50.1. The third-order valence-corrected chi connectivity index (χ3v) is 27.3. The highest BCUT2D eigenvalue weighted by molar-refractivity contribution is 6.31. The van der Waals surface area contributed by atoms with Gasteiger partial charge in [0.25, 0.3) is 0 Å². The van der Waals surface area contributed by atoms with Crippen molar-refractivity contribution in [1.29, 1.82) is 0 Å². The number of carbonyl (C=O) groups excluding carboxylic acids is 3. The van der Waals surface area contributed by atoms with Crippen LogP contribution in [0.5, 0.6) is 5.75 Å². The lowest BCUT2D eigenvalue weighted by atomic mass is 10.1. The number of aromatic nitrogens is 16. The second-order valence-corrected chi connectivity index (χ2v) is 39.0. The van der Waals surface area contributed by atoms with E-state index < -0.39 is 11.9 Å². The quantitative estimate of drug-likeness (QED) is 0.0187. The van der Waals surface area contributed by atoms with Crippen LogP contribution in [0.2, 0.25) is 5.02 Å². The van der Waals surface area contributed by atoms with E-state index in [2.05, 4.69) is 73.1 Å². The molecule has 0 radical (unpaired) electrons. The summed E-state index contributed by atoms with van der Waals surface area (Å²) in [5.74, 6) is 9.29. The Labute approximate surface area is 851 Å². The van der Waals surface area contributed by atoms with Gasteiger partial charge in [-0.05, 0) is 219 Å². The monoisotopic (exact) mass is 1980 g/mol. The van der Waals surface area contributed by atoms with Gasteiger partial charge in [0.2, 0.25) is 0 Å². The summed E-state index contributed by atoms with van der Waals surface area (Å²) in [6.45, 7) is 11.8. The van der Waals surface area contributed by atoms with Crippen molar-refractivity contribution in [3.63, 3.8) is 0 Å². The summed E-state index contributed by atoms with van der Waals surface area (Å²) in [6, 6.07) is 54.2. The highest BCUT2D eigenvalue weighted by Gasteiger charge is 2.30. The molecule has 5 aliphatic rings. The summed E-state index contributed by atoms with van der Waals surface area (Å²) in [6.07, 6.45) is 28.4. The number of ketones is 3. The van der Waals surface area contributed by atoms with Gasteiger partial charge in [-0.3, -0.25) is 19.4 Å². The Bertz CT molecular complexity index is 8120. The number of ether oxygens (including phenoxy) is 2. The van der Waals surface area contributed by atoms with Gasteiger partial charge in [-0.1, -0.05) is 109 Å². The minimum absolute atomic E-state index is 0.0229. The second kappa shape index (κ2) is 43.7. The number of carboxylic acids is 2. The van der Waals surface area contributed by atoms with Crippen LogP contribution >= 0.6 is 11.6 Å². The van der Waals surface area contributed by atoms with Crippen LogP contribution in [0.1, 0.15) is 176 Å². The number of methoxy groups -OCH3 is 1. The zero-order chi connectivity index (χ0) is 101. The molecule has 24 rings (SSSR count). The van der Waals surface area contributed by atoms with Crippen LogP contribution < -0.4 is 30.9 Å². The van der Waals surface area contributed by atoms with Gasteiger partial charge in [0.05, 0.1) is 59.0 Å². The van der Waals surface area contributed by atoms with Crippen molar-refractivity contribution >= 4 is 190 Å². The molecule has 147 heavy (non-hydrogen) atoms. The van der Waals surface area contributed by atoms with E-state index in [1.54, 1.807) is 76.7 Å². The number of benzene rings is 8. The predicted molar refractivity (Wildman–Crippen MR) is 575 cm³/mol. The Hall–Kier alpha value is -16.4. The molecule has 1 aliphatic heterocycles. The minimum atomic E-state index is -0.999. The number of aromatic carboxylic acids is 2. The molecule has 12 heterocycles. The van der Waals surface area contributed by atoms with Gasteiger partial charge >= 0.3 is 11.9 Å². The van der Waals surface area contributed by atoms with Gasteiger partial charge in [0.1, 0.15) is 62.5 Å². The molecule has 1 saturated heterocycles. The zero-order valence-corrected chi connectivity index (χ0v) is 83.4. The van der Waals surface area contributed by atoms with E-state index in [-0.39, 0.29) is 28.5 Å². The molecular weight excluding hydrogens is 1870 g/mol. The fourth-order valence-electron chi connectivity index (χ4n) is 17.9. The Morgan fingerprint density at radius 3 is 1.21 bits per heavy atom. The van der Waals surface area contributed by atoms with Crippen molar-refractivity contribution in [3.8, 4) is 5.75 Å². The number of rotatable bonds is 29. The van der Waals surface area contributed by atoms with Crippen molar-refractivity contribution in [2.75, 3.05) is 80.2 Å². The highest BCUT2D eigenvalue weighted by Crippen LogP contribution is 2.42. The molecule has 0 unspecified atom stereocenters. The Kier molecular flexibility index (Phi) is 29.1. The fraction of sp³-hybridized carbons (Fsp3) is 0.278. The number of carboxylic acid groups (broad SMARTS) is 2. The largest absolute Gasteiger partial charge is 0.497 e. The van der Waals surface area contributed by atoms with E-state index in [4.69, 9.17) is 70.9 Å². The maximum Gasteiger partial charge on any atom is 0.335 e. The first-order valence-electron chi connectivity index (χ1n) is 49.7. The summed E-state index contributed by atoms with van der Waals surface area (Å²) in [4.78, 5) is 138. The molecular formula is C115H109ClN22O9. The summed E-state index contributed by atoms with van der Waals surface area (Å²) in [5, 5.41) is 42.0. The molecule has 8 aromatic carbocycles. The Morgan fingerprint density at radius 2 is 0.796 bits per heavy atom. The SMILES string of the molecule is CC(=O)c1ccc2c(c1)nc(N1CCOCC1)c1nc(CC3CC3)ncc12.CC(=O)c1ccc2c(c1)nc(NCc1ccccc1)c1nc(CC3CC3)ncc12.CC(=O)c1ccc2c(c1)nc(NCc1cccnc1)c1nc(CC3CC3)ncc12.COc1cccc(Nc2nc3cc(C(=O)O)ccc3c3cnc(CC4CC4)nc23)c1.Cc1ccc(Nc2nc3cc(C(=O)O)ccc3c3cnc(CCCN(C)C)nc23)cc1Cl. The molecule has 0 spiro atoms. The minimum Gasteiger partial charge on any atom is -0.497 e. The van der Waals surface area contributed by atoms with Crippen LogP contribution in [-0.4, -0.2) is 178 Å². The summed E-state index contributed by atoms with van der Waals surface area (Å²) >= 11 is 6.30. The third-order valence-electron chi connectivity index (χ3n) is 26.9. The van der Waals surface area contributed by atoms with Crippen LogP contribution in [-0.2, 0) is 49.9 Å². The number of halogens is 1. The molecule has 0 amide bonds. The number of anilines is 7. The first-order chi connectivity index (χ1) is 71.4. The number of hydrogen-bond acceptors (Lipinski definition) is 29. The van der Waals surface area contributed by atoms with E-state index >= 15 is 0 Å². The summed E-state index contributed by atoms with van der Waals surface area (Å²) in [7, 11) is 5.70. The van der Waals surface area contributed by atoms with Gasteiger partial charge in [0.15, 0.2) is 46.4 Å². The number of Topliss-reactive ketones (excluding diaryl/α,β-unsaturated/α-hetero) is 3. The average molecular weight is 1980 g/mol. The zero-order valence-electron chi connectivity index (χ0n) is 82.6. The Morgan fingerprint density at radius 1 is 0.408 bits per heavy atom. The lowest BCUT2D eigenvalue weighted by molar-refractivity contribution is 0.0686. The summed E-state index contributed by atoms with van der Waals surface area (Å²) in [5.41, 5.74) is 14.6. The van der Waals surface area contributed by atoms with E-state index in [0.29, 0.717) is 93.9 Å². The maximum atomic E-state index is 11.8. The lowest BCUT2D eigenvalue weighted by Gasteiger charge is -2.28. The maximum absolute atomic E-state index is 11.8. The number of morpholine rings is 1. The number of aryl methyl sites for hydroxylation is 2. The molecule has 31 nitrogen and oxygen atoms in total. The number of nitrogens with zero attached hydrogens (tertiary/aromatic N) is 18. The standard InChI is InChI=1S/C24H24ClN5O2.C24H22N4O.C23H21N5O.C23H20N4O3.C21H22N4O2/c1-14-6-8-16(12-19(14)25)27-23-22-18(13-26-21(29-22)5-4-10-30(2)3)17-9-7-15(24(31)32)11-20(17)28-23;1-15(29)18-9-10-19-20-14-25-22(11-16-7-8-16)28-23(20)24(27-21(19)12-18)26-13-17-5-3-2-4-6-17;1-14(29)17-6-7-18-19-13-25-21(9-15-4-5-15)28-22(19)23(27-20(18)10-17)26-12-16-3-2-8-24-11-16;1-30-16-4-2-3-15(11-16)25-22-21-18(12-24-20(27-21)9-13-5-6-13)17-8-7-14(23(28)29)10-19(17)26-22;1-13(26)15-4-5-16-17-12-22-19(10-14-2-3-14)24-20(17)21(23-18(16)11-15)25-6-8-27-9-7-25/h6-9,11-13H,4-5,10H2,1-3H3,(H,27,28)(H,31,32);2-6,9-10,12,14,16H,7-8,11,13H2,1H3,(H,26,27);2-3,6-8,10-11,13,15H,4-5,9,12H2,1H3,(H,26,27);2-4,7-8,10-13H,5-6,9H2,1H3,(H,25,26)(H,28,29);4-5,11-12,14H,2-3,6-10H2,1H3. The van der Waals surface area contributed by atoms with Crippen LogP contribution in [0.15, 0.2) is 219 Å². The second-order valence-electron chi connectivity index (χ2n) is 38.6. The molecule has 4 saturated carbocycles. The van der Waals surface area contributed by atoms with Crippen molar-refractivity contribution in [2.24, 2.45) is 23.7 Å². The van der Waals surface area contributed by atoms with Gasteiger partial charge in [-0.2, -0.15) is 0 Å². The van der Waals surface area contributed by atoms with Gasteiger partial charge in [0, 0.05) is 195 Å². The van der Waals surface area contributed by atoms with Crippen LogP contribution in [0.3, 0.4) is 0 Å². The van der Waals surface area contributed by atoms with E-state index in [1.165, 1.54) is 56.9 Å². The Balaban J connectivity index is 0.000000112. The van der Waals surface area contributed by atoms with Crippen molar-refractivity contribution in [2.45, 2.75) is 131 Å². The molecule has 4 aliphatic carbocycles. The molecule has 5 fully saturated rings. The first kappa shape index (κ1) is 98.0. The number of hydrogen-bond donors (Lipinski definition) is 6. The van der Waals surface area contributed by atoms with Gasteiger partial charge in [-0.25, -0.2) is 84.3 Å². The molecule has 740 valence electrons. The van der Waals surface area contributed by atoms with Crippen LogP contribution in [0.4, 0.5) is 40.5 Å². The fourth-order valence-corrected chi connectivity index (χ4v) is 18.1. The number of nitrogens with one attached hydrogen (secondary N) is 4. The molecule has 11 aromatic heterocycles. The number of carbonyl (C=O) groups is 5. The van der Waals surface area contributed by atoms with E-state index in [0.717, 1.165) is 231 Å². The van der Waals surface area contributed by atoms with Crippen LogP contribution in [0, 0.1) is 30.6 Å². The normalized spacial score (nSPS) is 13.9.